The number of nitrogens with one attached hydrogen (secondary N) is 1. The molecule has 2 aromatic rings. The molecule has 7 nitrogen and oxygen atoms in total. The molecule has 0 aromatic heterocycles. The Labute approximate surface area is 200 Å². The molecule has 180 valence electrons. The highest BCUT2D eigenvalue weighted by Gasteiger charge is 2.37. The molecule has 2 aromatic carbocycles. The van der Waals surface area contributed by atoms with Crippen LogP contribution in [0.4, 0.5) is 4.79 Å². The van der Waals surface area contributed by atoms with Crippen molar-refractivity contribution >= 4 is 18.0 Å². The first-order chi connectivity index (χ1) is 16.1. The number of rotatable bonds is 6. The Balaban J connectivity index is 1.41. The normalized spacial score (nSPS) is 18.2. The predicted molar refractivity (Wildman–Crippen MR) is 128 cm³/mol. The fraction of sp³-hybridized carbons (Fsp3) is 0.444. The van der Waals surface area contributed by atoms with Gasteiger partial charge in [0.1, 0.15) is 12.6 Å². The van der Waals surface area contributed by atoms with Crippen LogP contribution in [-0.4, -0.2) is 53.7 Å². The fourth-order valence-corrected chi connectivity index (χ4v) is 5.04. The number of carbonyl (C=O) groups is 3. The standard InChI is InChI=1S/C27H32N2O5/c1-27(2,3)17-12-13-29(15-17)25(32)23(14-24(30)31)28-26(33)34-16-22-20-10-6-4-8-18(20)19-9-5-7-11-21(19)22/h4-11,17,22-23H,12-16H2,1-3H3,(H,28,33)(H,30,31). The van der Waals surface area contributed by atoms with E-state index in [-0.39, 0.29) is 23.8 Å². The summed E-state index contributed by atoms with van der Waals surface area (Å²) in [7, 11) is 0. The van der Waals surface area contributed by atoms with Crippen LogP contribution in [0.25, 0.3) is 11.1 Å². The van der Waals surface area contributed by atoms with Gasteiger partial charge in [0, 0.05) is 19.0 Å². The van der Waals surface area contributed by atoms with Crippen molar-refractivity contribution in [1.29, 1.82) is 0 Å². The van der Waals surface area contributed by atoms with E-state index in [1.54, 1.807) is 4.90 Å². The highest BCUT2D eigenvalue weighted by atomic mass is 16.5. The van der Waals surface area contributed by atoms with Crippen molar-refractivity contribution in [3.05, 3.63) is 59.7 Å². The number of carboxylic acid groups (broad SMARTS) is 1. The van der Waals surface area contributed by atoms with Crippen LogP contribution in [0.15, 0.2) is 48.5 Å². The van der Waals surface area contributed by atoms with E-state index >= 15 is 0 Å². The number of nitrogens with zero attached hydrogens (tertiary/aromatic N) is 1. The molecule has 34 heavy (non-hydrogen) atoms. The number of ether oxygens (including phenoxy) is 1. The van der Waals surface area contributed by atoms with Crippen LogP contribution >= 0.6 is 0 Å². The topological polar surface area (TPSA) is 95.9 Å². The molecular formula is C27H32N2O5. The van der Waals surface area contributed by atoms with Gasteiger partial charge in [-0.1, -0.05) is 69.3 Å². The van der Waals surface area contributed by atoms with Gasteiger partial charge >= 0.3 is 12.1 Å². The van der Waals surface area contributed by atoms with Gasteiger partial charge in [-0.2, -0.15) is 0 Å². The molecule has 1 fully saturated rings. The second kappa shape index (κ2) is 9.49. The first-order valence-electron chi connectivity index (χ1n) is 11.8. The zero-order valence-electron chi connectivity index (χ0n) is 19.9. The molecule has 7 heteroatoms. The molecule has 1 aliphatic heterocycles. The van der Waals surface area contributed by atoms with Gasteiger partial charge in [-0.15, -0.1) is 0 Å². The van der Waals surface area contributed by atoms with Gasteiger partial charge in [-0.25, -0.2) is 4.79 Å². The zero-order chi connectivity index (χ0) is 24.5. The molecular weight excluding hydrogens is 432 g/mol. The van der Waals surface area contributed by atoms with Crippen LogP contribution in [0.3, 0.4) is 0 Å². The van der Waals surface area contributed by atoms with E-state index in [2.05, 4.69) is 38.2 Å². The minimum Gasteiger partial charge on any atom is -0.481 e. The maximum absolute atomic E-state index is 13.1. The lowest BCUT2D eigenvalue weighted by molar-refractivity contribution is -0.142. The molecule has 4 rings (SSSR count). The average molecular weight is 465 g/mol. The van der Waals surface area contributed by atoms with Crippen molar-refractivity contribution in [3.63, 3.8) is 0 Å². The lowest BCUT2D eigenvalue weighted by atomic mass is 9.80. The maximum Gasteiger partial charge on any atom is 0.407 e. The number of carbonyl (C=O) groups excluding carboxylic acids is 2. The third kappa shape index (κ3) is 4.93. The van der Waals surface area contributed by atoms with E-state index in [9.17, 15) is 19.5 Å². The molecule has 0 saturated carbocycles. The molecule has 0 spiro atoms. The van der Waals surface area contributed by atoms with Gasteiger partial charge in [0.15, 0.2) is 0 Å². The SMILES string of the molecule is CC(C)(C)C1CCN(C(=O)C(CC(=O)O)NC(=O)OCC2c3ccccc3-c3ccccc32)C1. The Hall–Kier alpha value is -3.35. The molecule has 2 N–H and O–H groups in total. The molecule has 0 bridgehead atoms. The van der Waals surface area contributed by atoms with Gasteiger partial charge in [-0.3, -0.25) is 9.59 Å². The number of amides is 2. The highest BCUT2D eigenvalue weighted by molar-refractivity contribution is 5.89. The third-order valence-corrected chi connectivity index (χ3v) is 7.04. The van der Waals surface area contributed by atoms with Crippen LogP contribution in [0.2, 0.25) is 0 Å². The summed E-state index contributed by atoms with van der Waals surface area (Å²) in [5, 5.41) is 11.8. The quantitative estimate of drug-likeness (QED) is 0.666. The summed E-state index contributed by atoms with van der Waals surface area (Å²) in [6.45, 7) is 7.62. The van der Waals surface area contributed by atoms with E-state index in [0.29, 0.717) is 19.0 Å². The third-order valence-electron chi connectivity index (χ3n) is 7.04. The second-order valence-electron chi connectivity index (χ2n) is 10.3. The van der Waals surface area contributed by atoms with Gasteiger partial charge < -0.3 is 20.1 Å². The second-order valence-corrected chi connectivity index (χ2v) is 10.3. The molecule has 1 heterocycles. The number of aliphatic carboxylic acids is 1. The number of likely N-dealkylation sites (tertiary alicyclic amines) is 1. The van der Waals surface area contributed by atoms with Crippen LogP contribution in [0.5, 0.6) is 0 Å². The Kier molecular flexibility index (Phi) is 6.64. The van der Waals surface area contributed by atoms with Crippen molar-refractivity contribution in [2.45, 2.75) is 45.6 Å². The largest absolute Gasteiger partial charge is 0.481 e. The number of carboxylic acids is 1. The average Bonchev–Trinajstić information content (AvgIpc) is 3.40. The Morgan fingerprint density at radius 1 is 1.06 bits per heavy atom. The predicted octanol–water partition coefficient (Wildman–Crippen LogP) is 4.26. The zero-order valence-corrected chi connectivity index (χ0v) is 19.9. The minimum atomic E-state index is -1.16. The molecule has 2 amide bonds. The summed E-state index contributed by atoms with van der Waals surface area (Å²) in [6.07, 6.45) is -0.410. The Morgan fingerprint density at radius 2 is 1.65 bits per heavy atom. The van der Waals surface area contributed by atoms with Crippen molar-refractivity contribution in [1.82, 2.24) is 10.2 Å². The number of hydrogen-bond acceptors (Lipinski definition) is 4. The highest BCUT2D eigenvalue weighted by Crippen LogP contribution is 2.44. The molecule has 0 radical (unpaired) electrons. The van der Waals surface area contributed by atoms with Gasteiger partial charge in [-0.05, 0) is 40.0 Å². The molecule has 2 unspecified atom stereocenters. The van der Waals surface area contributed by atoms with E-state index < -0.39 is 24.5 Å². The van der Waals surface area contributed by atoms with Crippen molar-refractivity contribution < 1.29 is 24.2 Å². The minimum absolute atomic E-state index is 0.0531. The molecule has 2 atom stereocenters. The fourth-order valence-electron chi connectivity index (χ4n) is 5.04. The Morgan fingerprint density at radius 3 is 2.18 bits per heavy atom. The van der Waals surface area contributed by atoms with Crippen molar-refractivity contribution in [2.75, 3.05) is 19.7 Å². The van der Waals surface area contributed by atoms with Gasteiger partial charge in [0.2, 0.25) is 5.91 Å². The summed E-state index contributed by atoms with van der Waals surface area (Å²) >= 11 is 0. The van der Waals surface area contributed by atoms with Crippen molar-refractivity contribution in [2.24, 2.45) is 11.3 Å². The summed E-state index contributed by atoms with van der Waals surface area (Å²) in [4.78, 5) is 38.8. The van der Waals surface area contributed by atoms with Crippen LogP contribution in [0.1, 0.15) is 50.7 Å². The summed E-state index contributed by atoms with van der Waals surface area (Å²) in [5.74, 6) is -1.30. The first kappa shape index (κ1) is 23.8. The number of benzene rings is 2. The summed E-state index contributed by atoms with van der Waals surface area (Å²) < 4.78 is 5.53. The Bertz CT molecular complexity index is 1040. The molecule has 1 aliphatic carbocycles. The van der Waals surface area contributed by atoms with E-state index in [0.717, 1.165) is 28.7 Å². The lowest BCUT2D eigenvalue weighted by Gasteiger charge is -2.28. The number of hydrogen-bond donors (Lipinski definition) is 2. The van der Waals surface area contributed by atoms with Gasteiger partial charge in [0.25, 0.3) is 0 Å². The van der Waals surface area contributed by atoms with Crippen LogP contribution in [-0.2, 0) is 14.3 Å². The summed E-state index contributed by atoms with van der Waals surface area (Å²) in [5.41, 5.74) is 4.46. The van der Waals surface area contributed by atoms with Gasteiger partial charge in [0.05, 0.1) is 6.42 Å². The molecule has 1 saturated heterocycles. The van der Waals surface area contributed by atoms with Crippen LogP contribution < -0.4 is 5.32 Å². The van der Waals surface area contributed by atoms with E-state index in [1.807, 2.05) is 36.4 Å². The number of alkyl carbamates (subject to hydrolysis) is 1. The molecule has 2 aliphatic rings. The first-order valence-corrected chi connectivity index (χ1v) is 11.8. The number of fused-ring (bicyclic) bond motifs is 3. The van der Waals surface area contributed by atoms with Crippen molar-refractivity contribution in [3.8, 4) is 11.1 Å². The monoisotopic (exact) mass is 464 g/mol. The van der Waals surface area contributed by atoms with E-state index in [1.165, 1.54) is 0 Å². The van der Waals surface area contributed by atoms with Crippen LogP contribution in [0, 0.1) is 11.3 Å². The summed E-state index contributed by atoms with van der Waals surface area (Å²) in [6, 6.07) is 14.9. The maximum atomic E-state index is 13.1. The smallest absolute Gasteiger partial charge is 0.407 e. The van der Waals surface area contributed by atoms with E-state index in [4.69, 9.17) is 4.74 Å². The lowest BCUT2D eigenvalue weighted by Crippen LogP contribution is -2.49.